The van der Waals surface area contributed by atoms with Crippen molar-refractivity contribution in [2.24, 2.45) is 0 Å². The van der Waals surface area contributed by atoms with E-state index in [9.17, 15) is 0 Å². The number of aryl methyl sites for hydroxylation is 1. The standard InChI is InChI=1S/C27H22O2S2/c1-3-28-27(30)25-23(19-12-10-17(2)11-13-19)24-20-8-5-4-7-18(20)14-15-21(24)29-26(25)22-9-6-16-31-22/h4-16,23H,3H2,1-2H3. The molecule has 0 spiro atoms. The third-order valence-electron chi connectivity index (χ3n) is 5.62. The van der Waals surface area contributed by atoms with Gasteiger partial charge < -0.3 is 9.47 Å². The maximum absolute atomic E-state index is 6.56. The molecule has 1 unspecified atom stereocenters. The summed E-state index contributed by atoms with van der Waals surface area (Å²) in [6.45, 7) is 4.59. The second-order valence-corrected chi connectivity index (χ2v) is 8.90. The van der Waals surface area contributed by atoms with E-state index in [2.05, 4.69) is 79.0 Å². The van der Waals surface area contributed by atoms with Gasteiger partial charge in [-0.2, -0.15) is 0 Å². The highest BCUT2D eigenvalue weighted by molar-refractivity contribution is 7.80. The molecule has 1 atom stereocenters. The van der Waals surface area contributed by atoms with Crippen molar-refractivity contribution in [3.05, 3.63) is 105 Å². The van der Waals surface area contributed by atoms with Crippen molar-refractivity contribution < 1.29 is 9.47 Å². The van der Waals surface area contributed by atoms with Crippen LogP contribution >= 0.6 is 23.6 Å². The van der Waals surface area contributed by atoms with E-state index in [0.29, 0.717) is 11.7 Å². The highest BCUT2D eigenvalue weighted by Crippen LogP contribution is 2.49. The van der Waals surface area contributed by atoms with E-state index in [4.69, 9.17) is 21.7 Å². The van der Waals surface area contributed by atoms with Gasteiger partial charge in [0.2, 0.25) is 0 Å². The Balaban J connectivity index is 1.85. The van der Waals surface area contributed by atoms with Crippen LogP contribution in [0.2, 0.25) is 0 Å². The first-order valence-corrected chi connectivity index (χ1v) is 11.7. The van der Waals surface area contributed by atoms with E-state index < -0.39 is 0 Å². The van der Waals surface area contributed by atoms with Crippen LogP contribution in [0.15, 0.2) is 83.7 Å². The highest BCUT2D eigenvalue weighted by atomic mass is 32.1. The van der Waals surface area contributed by atoms with Gasteiger partial charge in [-0.1, -0.05) is 66.2 Å². The van der Waals surface area contributed by atoms with Gasteiger partial charge in [0, 0.05) is 11.5 Å². The number of fused-ring (bicyclic) bond motifs is 3. The van der Waals surface area contributed by atoms with Crippen LogP contribution < -0.4 is 4.74 Å². The second-order valence-electron chi connectivity index (χ2n) is 7.58. The molecular formula is C27H22O2S2. The Hall–Kier alpha value is -2.95. The number of hydrogen-bond donors (Lipinski definition) is 0. The van der Waals surface area contributed by atoms with E-state index in [-0.39, 0.29) is 5.92 Å². The van der Waals surface area contributed by atoms with E-state index in [1.165, 1.54) is 21.9 Å². The molecule has 0 saturated carbocycles. The summed E-state index contributed by atoms with van der Waals surface area (Å²) in [5.41, 5.74) is 4.47. The summed E-state index contributed by atoms with van der Waals surface area (Å²) in [4.78, 5) is 1.05. The van der Waals surface area contributed by atoms with E-state index >= 15 is 0 Å². The molecule has 31 heavy (non-hydrogen) atoms. The molecule has 0 N–H and O–H groups in total. The monoisotopic (exact) mass is 442 g/mol. The number of thiophene rings is 1. The van der Waals surface area contributed by atoms with Gasteiger partial charge in [-0.3, -0.25) is 0 Å². The molecule has 0 bridgehead atoms. The van der Waals surface area contributed by atoms with Gasteiger partial charge in [-0.05, 0) is 59.9 Å². The van der Waals surface area contributed by atoms with Crippen LogP contribution in [0.25, 0.3) is 16.5 Å². The summed E-state index contributed by atoms with van der Waals surface area (Å²) in [5, 5.41) is 4.91. The average Bonchev–Trinajstić information content (AvgIpc) is 3.33. The molecule has 2 nitrogen and oxygen atoms in total. The molecule has 0 fully saturated rings. The molecule has 1 aromatic heterocycles. The summed E-state index contributed by atoms with van der Waals surface area (Å²) >= 11 is 7.47. The molecule has 0 saturated heterocycles. The van der Waals surface area contributed by atoms with Crippen LogP contribution in [0, 0.1) is 6.92 Å². The van der Waals surface area contributed by atoms with Crippen LogP contribution in [0.4, 0.5) is 0 Å². The molecule has 1 aliphatic heterocycles. The maximum atomic E-state index is 6.56. The smallest absolute Gasteiger partial charge is 0.191 e. The van der Waals surface area contributed by atoms with E-state index in [0.717, 1.165) is 27.5 Å². The quantitative estimate of drug-likeness (QED) is 0.305. The zero-order valence-electron chi connectivity index (χ0n) is 17.4. The lowest BCUT2D eigenvalue weighted by molar-refractivity contribution is 0.333. The molecule has 0 radical (unpaired) electrons. The molecule has 5 rings (SSSR count). The summed E-state index contributed by atoms with van der Waals surface area (Å²) in [7, 11) is 0. The van der Waals surface area contributed by atoms with Crippen LogP contribution in [0.5, 0.6) is 5.75 Å². The Labute approximate surface area is 191 Å². The second kappa shape index (κ2) is 8.29. The first-order valence-electron chi connectivity index (χ1n) is 10.4. The minimum absolute atomic E-state index is 0.0772. The van der Waals surface area contributed by atoms with Gasteiger partial charge in [-0.15, -0.1) is 11.3 Å². The molecule has 0 aliphatic carbocycles. The average molecular weight is 443 g/mol. The van der Waals surface area contributed by atoms with Gasteiger partial charge >= 0.3 is 0 Å². The SMILES string of the molecule is CCOC(=S)C1=C(c2cccs2)Oc2ccc3ccccc3c2C1c1ccc(C)cc1. The molecule has 4 heteroatoms. The van der Waals surface area contributed by atoms with Crippen molar-refractivity contribution in [3.8, 4) is 5.75 Å². The topological polar surface area (TPSA) is 18.5 Å². The van der Waals surface area contributed by atoms with Crippen molar-refractivity contribution in [1.29, 1.82) is 0 Å². The number of benzene rings is 3. The molecular weight excluding hydrogens is 420 g/mol. The fourth-order valence-electron chi connectivity index (χ4n) is 4.21. The number of hydrogen-bond acceptors (Lipinski definition) is 4. The number of ether oxygens (including phenoxy) is 2. The van der Waals surface area contributed by atoms with Gasteiger partial charge in [0.15, 0.2) is 10.8 Å². The summed E-state index contributed by atoms with van der Waals surface area (Å²) < 4.78 is 12.5. The Kier molecular flexibility index (Phi) is 5.34. The predicted octanol–water partition coefficient (Wildman–Crippen LogP) is 7.51. The normalized spacial score (nSPS) is 15.5. The minimum atomic E-state index is -0.0772. The van der Waals surface area contributed by atoms with Crippen molar-refractivity contribution in [3.63, 3.8) is 0 Å². The lowest BCUT2D eigenvalue weighted by atomic mass is 9.79. The van der Waals surface area contributed by atoms with Gasteiger partial charge in [0.25, 0.3) is 0 Å². The zero-order valence-corrected chi connectivity index (χ0v) is 19.1. The number of rotatable bonds is 4. The van der Waals surface area contributed by atoms with E-state index in [1.54, 1.807) is 11.3 Å². The van der Waals surface area contributed by atoms with Crippen LogP contribution in [-0.4, -0.2) is 11.7 Å². The van der Waals surface area contributed by atoms with Gasteiger partial charge in [-0.25, -0.2) is 0 Å². The molecule has 2 heterocycles. The fraction of sp³-hybridized carbons (Fsp3) is 0.148. The molecule has 154 valence electrons. The first kappa shape index (κ1) is 20.0. The summed E-state index contributed by atoms with van der Waals surface area (Å²) in [5.74, 6) is 1.59. The molecule has 3 aromatic carbocycles. The van der Waals surface area contributed by atoms with E-state index in [1.807, 2.05) is 13.0 Å². The third kappa shape index (κ3) is 3.56. The number of thiocarbonyl (C=S) groups is 1. The Morgan fingerprint density at radius 1 is 1.00 bits per heavy atom. The predicted molar refractivity (Wildman–Crippen MR) is 133 cm³/mol. The summed E-state index contributed by atoms with van der Waals surface area (Å²) in [6.07, 6.45) is 0. The molecule has 1 aliphatic rings. The summed E-state index contributed by atoms with van der Waals surface area (Å²) in [6, 6.07) is 25.5. The van der Waals surface area contributed by atoms with Crippen LogP contribution in [0.3, 0.4) is 0 Å². The lowest BCUT2D eigenvalue weighted by Crippen LogP contribution is -2.22. The van der Waals surface area contributed by atoms with Crippen molar-refractivity contribution in [2.45, 2.75) is 19.8 Å². The van der Waals surface area contributed by atoms with Crippen LogP contribution in [0.1, 0.15) is 34.4 Å². The third-order valence-corrected chi connectivity index (χ3v) is 6.82. The Morgan fingerprint density at radius 2 is 1.81 bits per heavy atom. The minimum Gasteiger partial charge on any atom is -0.483 e. The van der Waals surface area contributed by atoms with Crippen molar-refractivity contribution in [1.82, 2.24) is 0 Å². The first-order chi connectivity index (χ1) is 15.2. The lowest BCUT2D eigenvalue weighted by Gasteiger charge is -2.32. The Bertz CT molecular complexity index is 1280. The van der Waals surface area contributed by atoms with Crippen molar-refractivity contribution in [2.75, 3.05) is 6.61 Å². The van der Waals surface area contributed by atoms with Crippen LogP contribution in [-0.2, 0) is 4.74 Å². The Morgan fingerprint density at radius 3 is 2.55 bits per heavy atom. The maximum Gasteiger partial charge on any atom is 0.191 e. The largest absolute Gasteiger partial charge is 0.483 e. The molecule has 4 aromatic rings. The molecule has 0 amide bonds. The fourth-order valence-corrected chi connectivity index (χ4v) is 5.25. The van der Waals surface area contributed by atoms with Crippen molar-refractivity contribution >= 4 is 45.1 Å². The highest BCUT2D eigenvalue weighted by Gasteiger charge is 2.36. The van der Waals surface area contributed by atoms with Gasteiger partial charge in [0.05, 0.1) is 17.1 Å². The van der Waals surface area contributed by atoms with Gasteiger partial charge in [0.1, 0.15) is 5.75 Å². The zero-order chi connectivity index (χ0) is 21.4.